The molecule has 0 aliphatic carbocycles. The Balaban J connectivity index is 2.13. The van der Waals surface area contributed by atoms with Crippen molar-refractivity contribution in [1.29, 1.82) is 0 Å². The molecule has 0 atom stereocenters. The molecule has 0 heterocycles. The van der Waals surface area contributed by atoms with Crippen molar-refractivity contribution in [2.24, 2.45) is 5.10 Å². The number of hydrazone groups is 1. The lowest BCUT2D eigenvalue weighted by Crippen LogP contribution is -2.01. The van der Waals surface area contributed by atoms with E-state index in [0.29, 0.717) is 5.69 Å². The molecule has 5 heteroatoms. The second kappa shape index (κ2) is 5.97. The number of benzene rings is 2. The van der Waals surface area contributed by atoms with Gasteiger partial charge >= 0.3 is 0 Å². The molecule has 0 aliphatic rings. The SMILES string of the molecule is C/C(=N\Nc1ccc([N+](=O)[O-])cc1)c1ccccc1C. The average molecular weight is 269 g/mol. The molecular formula is C15H15N3O2. The molecule has 0 amide bonds. The molecule has 0 saturated heterocycles. The van der Waals surface area contributed by atoms with Crippen LogP contribution in [0.3, 0.4) is 0 Å². The zero-order valence-corrected chi connectivity index (χ0v) is 11.3. The molecule has 0 aliphatic heterocycles. The summed E-state index contributed by atoms with van der Waals surface area (Å²) in [5.41, 5.74) is 6.76. The third-order valence-corrected chi connectivity index (χ3v) is 2.97. The van der Waals surface area contributed by atoms with Gasteiger partial charge in [0, 0.05) is 17.7 Å². The highest BCUT2D eigenvalue weighted by atomic mass is 16.6. The number of hydrogen-bond donors (Lipinski definition) is 1. The number of aryl methyl sites for hydroxylation is 1. The van der Waals surface area contributed by atoms with E-state index in [4.69, 9.17) is 0 Å². The van der Waals surface area contributed by atoms with Gasteiger partial charge in [-0.05, 0) is 31.5 Å². The van der Waals surface area contributed by atoms with Crippen molar-refractivity contribution in [1.82, 2.24) is 0 Å². The number of nitrogens with one attached hydrogen (secondary N) is 1. The van der Waals surface area contributed by atoms with Gasteiger partial charge < -0.3 is 0 Å². The minimum absolute atomic E-state index is 0.0650. The van der Waals surface area contributed by atoms with E-state index in [1.165, 1.54) is 12.1 Å². The molecule has 1 N–H and O–H groups in total. The number of nitro benzene ring substituents is 1. The molecule has 0 saturated carbocycles. The number of non-ortho nitro benzene ring substituents is 1. The number of rotatable bonds is 4. The van der Waals surface area contributed by atoms with Crippen LogP contribution in [0.5, 0.6) is 0 Å². The Labute approximate surface area is 117 Å². The van der Waals surface area contributed by atoms with Gasteiger partial charge in [-0.2, -0.15) is 5.10 Å². The summed E-state index contributed by atoms with van der Waals surface area (Å²) in [7, 11) is 0. The van der Waals surface area contributed by atoms with E-state index >= 15 is 0 Å². The van der Waals surface area contributed by atoms with E-state index in [-0.39, 0.29) is 5.69 Å². The number of hydrogen-bond acceptors (Lipinski definition) is 4. The molecule has 2 aromatic carbocycles. The van der Waals surface area contributed by atoms with Gasteiger partial charge in [-0.15, -0.1) is 0 Å². The summed E-state index contributed by atoms with van der Waals surface area (Å²) < 4.78 is 0. The summed E-state index contributed by atoms with van der Waals surface area (Å²) in [6, 6.07) is 14.1. The highest BCUT2D eigenvalue weighted by Gasteiger charge is 2.04. The van der Waals surface area contributed by atoms with Gasteiger partial charge in [0.25, 0.3) is 5.69 Å². The van der Waals surface area contributed by atoms with Crippen LogP contribution in [0.2, 0.25) is 0 Å². The molecule has 102 valence electrons. The number of nitrogens with zero attached hydrogens (tertiary/aromatic N) is 2. The van der Waals surface area contributed by atoms with Crippen molar-refractivity contribution in [3.05, 3.63) is 69.8 Å². The topological polar surface area (TPSA) is 67.5 Å². The number of anilines is 1. The Kier molecular flexibility index (Phi) is 4.10. The maximum atomic E-state index is 10.6. The van der Waals surface area contributed by atoms with E-state index in [2.05, 4.69) is 10.5 Å². The van der Waals surface area contributed by atoms with Crippen LogP contribution >= 0.6 is 0 Å². The quantitative estimate of drug-likeness (QED) is 0.522. The maximum absolute atomic E-state index is 10.6. The fourth-order valence-corrected chi connectivity index (χ4v) is 1.85. The molecule has 0 spiro atoms. The average Bonchev–Trinajstić information content (AvgIpc) is 2.45. The molecule has 0 aromatic heterocycles. The van der Waals surface area contributed by atoms with E-state index in [9.17, 15) is 10.1 Å². The minimum atomic E-state index is -0.425. The van der Waals surface area contributed by atoms with Crippen molar-refractivity contribution in [2.45, 2.75) is 13.8 Å². The maximum Gasteiger partial charge on any atom is 0.269 e. The largest absolute Gasteiger partial charge is 0.278 e. The summed E-state index contributed by atoms with van der Waals surface area (Å²) in [6.45, 7) is 3.95. The first-order valence-corrected chi connectivity index (χ1v) is 6.18. The summed E-state index contributed by atoms with van der Waals surface area (Å²) in [6.07, 6.45) is 0. The standard InChI is InChI=1S/C15H15N3O2/c1-11-5-3-4-6-15(11)12(2)16-17-13-7-9-14(10-8-13)18(19)20/h3-10,17H,1-2H3/b16-12+. The van der Waals surface area contributed by atoms with Gasteiger partial charge in [-0.25, -0.2) is 0 Å². The second-order valence-electron chi connectivity index (χ2n) is 4.43. The molecule has 0 unspecified atom stereocenters. The highest BCUT2D eigenvalue weighted by molar-refractivity contribution is 6.00. The van der Waals surface area contributed by atoms with Crippen LogP contribution in [-0.4, -0.2) is 10.6 Å². The Morgan fingerprint density at radius 2 is 1.80 bits per heavy atom. The lowest BCUT2D eigenvalue weighted by molar-refractivity contribution is -0.384. The van der Waals surface area contributed by atoms with Gasteiger partial charge in [0.15, 0.2) is 0 Å². The van der Waals surface area contributed by atoms with Crippen molar-refractivity contribution in [3.8, 4) is 0 Å². The minimum Gasteiger partial charge on any atom is -0.278 e. The molecule has 2 rings (SSSR count). The Morgan fingerprint density at radius 3 is 2.40 bits per heavy atom. The monoisotopic (exact) mass is 269 g/mol. The summed E-state index contributed by atoms with van der Waals surface area (Å²) >= 11 is 0. The molecular weight excluding hydrogens is 254 g/mol. The van der Waals surface area contributed by atoms with Crippen molar-refractivity contribution in [2.75, 3.05) is 5.43 Å². The van der Waals surface area contributed by atoms with Crippen molar-refractivity contribution >= 4 is 17.1 Å². The lowest BCUT2D eigenvalue weighted by atomic mass is 10.1. The van der Waals surface area contributed by atoms with Gasteiger partial charge in [-0.1, -0.05) is 24.3 Å². The fourth-order valence-electron chi connectivity index (χ4n) is 1.85. The summed E-state index contributed by atoms with van der Waals surface area (Å²) in [5, 5.41) is 14.9. The summed E-state index contributed by atoms with van der Waals surface area (Å²) in [5.74, 6) is 0. The first-order chi connectivity index (χ1) is 9.58. The van der Waals surface area contributed by atoms with E-state index in [1.807, 2.05) is 38.1 Å². The highest BCUT2D eigenvalue weighted by Crippen LogP contribution is 2.16. The fraction of sp³-hybridized carbons (Fsp3) is 0.133. The summed E-state index contributed by atoms with van der Waals surface area (Å²) in [4.78, 5) is 10.1. The molecule has 0 bridgehead atoms. The zero-order valence-electron chi connectivity index (χ0n) is 11.3. The van der Waals surface area contributed by atoms with Gasteiger partial charge in [0.05, 0.1) is 16.3 Å². The molecule has 0 fully saturated rings. The Hall–Kier alpha value is -2.69. The van der Waals surface area contributed by atoms with Crippen LogP contribution in [0, 0.1) is 17.0 Å². The smallest absolute Gasteiger partial charge is 0.269 e. The van der Waals surface area contributed by atoms with Crippen molar-refractivity contribution < 1.29 is 4.92 Å². The molecule has 20 heavy (non-hydrogen) atoms. The third kappa shape index (κ3) is 3.20. The second-order valence-corrected chi connectivity index (χ2v) is 4.43. The van der Waals surface area contributed by atoms with Crippen LogP contribution in [0.25, 0.3) is 0 Å². The van der Waals surface area contributed by atoms with Crippen LogP contribution < -0.4 is 5.43 Å². The van der Waals surface area contributed by atoms with Crippen LogP contribution in [0.4, 0.5) is 11.4 Å². The van der Waals surface area contributed by atoms with E-state index in [0.717, 1.165) is 16.8 Å². The van der Waals surface area contributed by atoms with Gasteiger partial charge in [-0.3, -0.25) is 15.5 Å². The van der Waals surface area contributed by atoms with E-state index < -0.39 is 4.92 Å². The van der Waals surface area contributed by atoms with Gasteiger partial charge in [0.2, 0.25) is 0 Å². The third-order valence-electron chi connectivity index (χ3n) is 2.97. The van der Waals surface area contributed by atoms with Gasteiger partial charge in [0.1, 0.15) is 0 Å². The molecule has 0 radical (unpaired) electrons. The predicted molar refractivity (Wildman–Crippen MR) is 80.1 cm³/mol. The van der Waals surface area contributed by atoms with Crippen LogP contribution in [0.1, 0.15) is 18.1 Å². The molecule has 2 aromatic rings. The molecule has 5 nitrogen and oxygen atoms in total. The van der Waals surface area contributed by atoms with Crippen LogP contribution in [0.15, 0.2) is 53.6 Å². The number of nitro groups is 1. The van der Waals surface area contributed by atoms with Crippen molar-refractivity contribution in [3.63, 3.8) is 0 Å². The van der Waals surface area contributed by atoms with E-state index in [1.54, 1.807) is 12.1 Å². The first kappa shape index (κ1) is 13.7. The zero-order chi connectivity index (χ0) is 14.5. The Morgan fingerprint density at radius 1 is 1.15 bits per heavy atom. The Bertz CT molecular complexity index is 648. The lowest BCUT2D eigenvalue weighted by Gasteiger charge is -2.06. The predicted octanol–water partition coefficient (Wildman–Crippen LogP) is 3.74. The van der Waals surface area contributed by atoms with Crippen LogP contribution in [-0.2, 0) is 0 Å². The normalized spacial score (nSPS) is 11.2. The first-order valence-electron chi connectivity index (χ1n) is 6.18.